The summed E-state index contributed by atoms with van der Waals surface area (Å²) >= 11 is 0. The van der Waals surface area contributed by atoms with Gasteiger partial charge in [-0.25, -0.2) is 0 Å². The molecule has 0 fully saturated rings. The zero-order chi connectivity index (χ0) is 17.8. The number of carbonyl (C=O) groups is 1. The second kappa shape index (κ2) is 7.21. The molecule has 1 amide bonds. The van der Waals surface area contributed by atoms with Crippen molar-refractivity contribution in [2.24, 2.45) is 0 Å². The van der Waals surface area contributed by atoms with Gasteiger partial charge in [-0.3, -0.25) is 9.59 Å². The number of carbonyl (C=O) groups excluding carboxylic acids is 1. The molecule has 3 rings (SSSR count). The number of aromatic nitrogens is 1. The number of ether oxygens (including phenoxy) is 1. The maximum Gasteiger partial charge on any atom is 0.262 e. The zero-order valence-corrected chi connectivity index (χ0v) is 14.2. The normalized spacial score (nSPS) is 10.8. The Morgan fingerprint density at radius 2 is 1.84 bits per heavy atom. The largest absolute Gasteiger partial charge is 0.482 e. The lowest BCUT2D eigenvalue weighted by atomic mass is 10.0. The number of nitrogens with one attached hydrogen (secondary N) is 2. The number of H-pyrrole nitrogens is 1. The standard InChI is InChI=1S/C20H20N2O3/c1-13(2)14-6-9-16(10-7-14)21-19(24)12-25-17-5-3-4-15-8-11-18(23)22-20(15)17/h3-11,13H,12H2,1-2H3,(H,21,24)(H,22,23). The Bertz CT molecular complexity index is 943. The number of amides is 1. The van der Waals surface area contributed by atoms with Crippen LogP contribution in [0.4, 0.5) is 5.69 Å². The van der Waals surface area contributed by atoms with Crippen LogP contribution in [0, 0.1) is 0 Å². The summed E-state index contributed by atoms with van der Waals surface area (Å²) in [5, 5.41) is 3.65. The van der Waals surface area contributed by atoms with E-state index in [0.717, 1.165) is 11.1 Å². The van der Waals surface area contributed by atoms with Crippen molar-refractivity contribution >= 4 is 22.5 Å². The third-order valence-electron chi connectivity index (χ3n) is 3.94. The fourth-order valence-corrected chi connectivity index (χ4v) is 2.56. The highest BCUT2D eigenvalue weighted by molar-refractivity contribution is 5.92. The number of anilines is 1. The molecule has 128 valence electrons. The highest BCUT2D eigenvalue weighted by Crippen LogP contribution is 2.22. The minimum absolute atomic E-state index is 0.137. The molecule has 3 aromatic rings. The summed E-state index contributed by atoms with van der Waals surface area (Å²) in [5.41, 5.74) is 2.32. The lowest BCUT2D eigenvalue weighted by molar-refractivity contribution is -0.118. The molecule has 0 aliphatic rings. The van der Waals surface area contributed by atoms with Gasteiger partial charge in [-0.05, 0) is 35.7 Å². The van der Waals surface area contributed by atoms with Gasteiger partial charge in [0.1, 0.15) is 5.75 Å². The van der Waals surface area contributed by atoms with Crippen molar-refractivity contribution in [1.29, 1.82) is 0 Å². The molecule has 0 saturated carbocycles. The van der Waals surface area contributed by atoms with Crippen molar-refractivity contribution in [2.75, 3.05) is 11.9 Å². The minimum atomic E-state index is -0.257. The molecule has 0 aliphatic carbocycles. The summed E-state index contributed by atoms with van der Waals surface area (Å²) in [6, 6.07) is 16.3. The van der Waals surface area contributed by atoms with Gasteiger partial charge in [0.25, 0.3) is 5.91 Å². The van der Waals surface area contributed by atoms with E-state index in [-0.39, 0.29) is 18.1 Å². The van der Waals surface area contributed by atoms with E-state index < -0.39 is 0 Å². The van der Waals surface area contributed by atoms with Gasteiger partial charge in [0.05, 0.1) is 5.52 Å². The molecule has 25 heavy (non-hydrogen) atoms. The number of aromatic amines is 1. The van der Waals surface area contributed by atoms with E-state index in [1.807, 2.05) is 36.4 Å². The van der Waals surface area contributed by atoms with Crippen LogP contribution in [0.2, 0.25) is 0 Å². The van der Waals surface area contributed by atoms with Gasteiger partial charge in [-0.1, -0.05) is 38.1 Å². The van der Waals surface area contributed by atoms with Crippen LogP contribution >= 0.6 is 0 Å². The second-order valence-corrected chi connectivity index (χ2v) is 6.16. The van der Waals surface area contributed by atoms with Crippen LogP contribution in [0.15, 0.2) is 59.4 Å². The van der Waals surface area contributed by atoms with Gasteiger partial charge in [0, 0.05) is 17.1 Å². The topological polar surface area (TPSA) is 71.2 Å². The quantitative estimate of drug-likeness (QED) is 0.747. The first kappa shape index (κ1) is 16.8. The molecule has 0 saturated heterocycles. The van der Waals surface area contributed by atoms with Crippen LogP contribution in [0.5, 0.6) is 5.75 Å². The van der Waals surface area contributed by atoms with Crippen molar-refractivity contribution in [3.05, 3.63) is 70.5 Å². The van der Waals surface area contributed by atoms with Crippen LogP contribution in [-0.2, 0) is 4.79 Å². The Labute approximate surface area is 145 Å². The van der Waals surface area contributed by atoms with Crippen molar-refractivity contribution in [3.63, 3.8) is 0 Å². The monoisotopic (exact) mass is 336 g/mol. The number of rotatable bonds is 5. The lowest BCUT2D eigenvalue weighted by Gasteiger charge is -2.10. The van der Waals surface area contributed by atoms with E-state index >= 15 is 0 Å². The first-order chi connectivity index (χ1) is 12.0. The lowest BCUT2D eigenvalue weighted by Crippen LogP contribution is -2.20. The predicted molar refractivity (Wildman–Crippen MR) is 99.2 cm³/mol. The summed E-state index contributed by atoms with van der Waals surface area (Å²) in [7, 11) is 0. The van der Waals surface area contributed by atoms with Crippen LogP contribution in [0.3, 0.4) is 0 Å². The average molecular weight is 336 g/mol. The summed E-state index contributed by atoms with van der Waals surface area (Å²) in [6.45, 7) is 4.11. The summed E-state index contributed by atoms with van der Waals surface area (Å²) in [5.74, 6) is 0.662. The molecule has 0 atom stereocenters. The number of benzene rings is 2. The molecule has 0 radical (unpaired) electrons. The van der Waals surface area contributed by atoms with Crippen molar-refractivity contribution in [2.45, 2.75) is 19.8 Å². The van der Waals surface area contributed by atoms with Gasteiger partial charge in [-0.2, -0.15) is 0 Å². The Kier molecular flexibility index (Phi) is 4.84. The van der Waals surface area contributed by atoms with E-state index in [1.54, 1.807) is 12.1 Å². The molecule has 5 heteroatoms. The third-order valence-corrected chi connectivity index (χ3v) is 3.94. The van der Waals surface area contributed by atoms with Crippen molar-refractivity contribution < 1.29 is 9.53 Å². The molecular formula is C20H20N2O3. The van der Waals surface area contributed by atoms with Gasteiger partial charge in [-0.15, -0.1) is 0 Å². The number of hydrogen-bond acceptors (Lipinski definition) is 3. The molecule has 0 bridgehead atoms. The second-order valence-electron chi connectivity index (χ2n) is 6.16. The Balaban J connectivity index is 1.66. The van der Waals surface area contributed by atoms with Gasteiger partial charge < -0.3 is 15.0 Å². The smallest absolute Gasteiger partial charge is 0.262 e. The number of hydrogen-bond donors (Lipinski definition) is 2. The van der Waals surface area contributed by atoms with Gasteiger partial charge in [0.2, 0.25) is 5.56 Å². The molecule has 5 nitrogen and oxygen atoms in total. The molecule has 0 aliphatic heterocycles. The molecule has 1 heterocycles. The Morgan fingerprint density at radius 3 is 2.56 bits per heavy atom. The number of fused-ring (bicyclic) bond motifs is 1. The zero-order valence-electron chi connectivity index (χ0n) is 14.2. The average Bonchev–Trinajstić information content (AvgIpc) is 2.60. The maximum atomic E-state index is 12.1. The highest BCUT2D eigenvalue weighted by Gasteiger charge is 2.07. The van der Waals surface area contributed by atoms with E-state index in [9.17, 15) is 9.59 Å². The molecule has 0 spiro atoms. The first-order valence-corrected chi connectivity index (χ1v) is 8.17. The molecule has 2 N–H and O–H groups in total. The van der Waals surface area contributed by atoms with E-state index in [0.29, 0.717) is 17.2 Å². The molecule has 0 unspecified atom stereocenters. The van der Waals surface area contributed by atoms with Crippen LogP contribution in [0.1, 0.15) is 25.3 Å². The molecule has 2 aromatic carbocycles. The fourth-order valence-electron chi connectivity index (χ4n) is 2.56. The molecular weight excluding hydrogens is 316 g/mol. The van der Waals surface area contributed by atoms with Crippen LogP contribution in [0.25, 0.3) is 10.9 Å². The predicted octanol–water partition coefficient (Wildman–Crippen LogP) is 3.67. The van der Waals surface area contributed by atoms with Crippen molar-refractivity contribution in [1.82, 2.24) is 4.98 Å². The van der Waals surface area contributed by atoms with E-state index in [4.69, 9.17) is 4.74 Å². The SMILES string of the molecule is CC(C)c1ccc(NC(=O)COc2cccc3ccc(=O)[nH]c23)cc1. The Hall–Kier alpha value is -3.08. The first-order valence-electron chi connectivity index (χ1n) is 8.17. The summed E-state index contributed by atoms with van der Waals surface area (Å²) in [6.07, 6.45) is 0. The summed E-state index contributed by atoms with van der Waals surface area (Å²) in [4.78, 5) is 26.3. The van der Waals surface area contributed by atoms with Crippen molar-refractivity contribution in [3.8, 4) is 5.75 Å². The highest BCUT2D eigenvalue weighted by atomic mass is 16.5. The number of pyridine rings is 1. The van der Waals surface area contributed by atoms with Crippen LogP contribution < -0.4 is 15.6 Å². The van der Waals surface area contributed by atoms with E-state index in [1.165, 1.54) is 11.6 Å². The van der Waals surface area contributed by atoms with Crippen LogP contribution in [-0.4, -0.2) is 17.5 Å². The van der Waals surface area contributed by atoms with Gasteiger partial charge in [0.15, 0.2) is 6.61 Å². The maximum absolute atomic E-state index is 12.1. The molecule has 1 aromatic heterocycles. The van der Waals surface area contributed by atoms with Gasteiger partial charge >= 0.3 is 0 Å². The fraction of sp³-hybridized carbons (Fsp3) is 0.200. The third kappa shape index (κ3) is 4.07. The van der Waals surface area contributed by atoms with E-state index in [2.05, 4.69) is 24.1 Å². The number of para-hydroxylation sites is 1. The minimum Gasteiger partial charge on any atom is -0.482 e. The summed E-state index contributed by atoms with van der Waals surface area (Å²) < 4.78 is 5.59. The Morgan fingerprint density at radius 1 is 1.08 bits per heavy atom.